The van der Waals surface area contributed by atoms with Crippen molar-refractivity contribution in [1.82, 2.24) is 0 Å². The Bertz CT molecular complexity index is 196. The van der Waals surface area contributed by atoms with E-state index in [4.69, 9.17) is 9.63 Å². The van der Waals surface area contributed by atoms with Crippen LogP contribution in [0.1, 0.15) is 13.8 Å². The summed E-state index contributed by atoms with van der Waals surface area (Å²) in [5.74, 6) is 0.444. The van der Waals surface area contributed by atoms with Gasteiger partial charge in [-0.3, -0.25) is 0 Å². The van der Waals surface area contributed by atoms with Gasteiger partial charge in [-0.15, -0.1) is 4.89 Å². The molecule has 6 heteroatoms. The van der Waals surface area contributed by atoms with Gasteiger partial charge in [0.1, 0.15) is 0 Å². The van der Waals surface area contributed by atoms with Crippen molar-refractivity contribution in [2.75, 3.05) is 7.11 Å². The molecule has 70 valence electrons. The van der Waals surface area contributed by atoms with Crippen molar-refractivity contribution >= 4 is 24.2 Å². The second-order valence-corrected chi connectivity index (χ2v) is 5.17. The third kappa shape index (κ3) is 4.70. The molecule has 4 nitrogen and oxygen atoms in total. The number of rotatable bonds is 4. The molecule has 1 unspecified atom stereocenters. The molecule has 0 aromatic rings. The summed E-state index contributed by atoms with van der Waals surface area (Å²) in [5.41, 5.74) is 0. The highest BCUT2D eigenvalue weighted by atomic mass is 79.9. The highest BCUT2D eigenvalue weighted by molar-refractivity contribution is 9.10. The van der Waals surface area contributed by atoms with Gasteiger partial charge in [-0.25, -0.2) is 4.52 Å². The van der Waals surface area contributed by atoms with Crippen LogP contribution in [0.3, 0.4) is 0 Å². The van der Waals surface area contributed by atoms with Gasteiger partial charge in [0.25, 0.3) is 0 Å². The van der Waals surface area contributed by atoms with E-state index in [1.165, 1.54) is 7.11 Å². The topological polar surface area (TPSA) is 55.8 Å². The van der Waals surface area contributed by atoms with E-state index in [-0.39, 0.29) is 0 Å². The van der Waals surface area contributed by atoms with Crippen LogP contribution in [0.25, 0.3) is 0 Å². The van der Waals surface area contributed by atoms with Crippen molar-refractivity contribution < 1.29 is 18.7 Å². The molecule has 1 atom stereocenters. The van der Waals surface area contributed by atoms with Crippen LogP contribution < -0.4 is 0 Å². The molecule has 0 spiro atoms. The van der Waals surface area contributed by atoms with Crippen LogP contribution in [0.2, 0.25) is 0 Å². The zero-order valence-corrected chi connectivity index (χ0v) is 9.55. The molecule has 0 saturated heterocycles. The fourth-order valence-electron chi connectivity index (χ4n) is 0.524. The fraction of sp³-hybridized carbons (Fsp3) is 0.667. The minimum absolute atomic E-state index is 0.410. The van der Waals surface area contributed by atoms with Crippen molar-refractivity contribution in [3.05, 3.63) is 12.0 Å². The number of alkyl halides is 1. The van der Waals surface area contributed by atoms with Crippen LogP contribution in [0.5, 0.6) is 0 Å². The number of ether oxygens (including phenoxy) is 1. The minimum Gasteiger partial charge on any atom is -0.496 e. The van der Waals surface area contributed by atoms with Gasteiger partial charge < -0.3 is 4.74 Å². The highest BCUT2D eigenvalue weighted by Gasteiger charge is 2.23. The first-order valence-electron chi connectivity index (χ1n) is 3.14. The summed E-state index contributed by atoms with van der Waals surface area (Å²) in [4.78, 5) is 8.33. The van der Waals surface area contributed by atoms with E-state index < -0.39 is 12.6 Å². The van der Waals surface area contributed by atoms with Gasteiger partial charge in [-0.1, -0.05) is 15.9 Å². The smallest absolute Gasteiger partial charge is 0.496 e. The number of hydrogen-bond donors (Lipinski definition) is 1. The van der Waals surface area contributed by atoms with Crippen LogP contribution in [-0.2, 0) is 13.8 Å². The van der Waals surface area contributed by atoms with Gasteiger partial charge in [-0.2, -0.15) is 0 Å². The van der Waals surface area contributed by atoms with E-state index in [9.17, 15) is 4.57 Å². The van der Waals surface area contributed by atoms with Crippen LogP contribution in [0.4, 0.5) is 0 Å². The number of hydrogen-bond acceptors (Lipinski definition) is 3. The van der Waals surface area contributed by atoms with Gasteiger partial charge in [0.15, 0.2) is 12.0 Å². The average Bonchev–Trinajstić information content (AvgIpc) is 1.85. The molecular weight excluding hydrogens is 247 g/mol. The van der Waals surface area contributed by atoms with Crippen LogP contribution in [0.15, 0.2) is 12.0 Å². The molecule has 0 bridgehead atoms. The lowest BCUT2D eigenvalue weighted by atomic mass is 10.2. The van der Waals surface area contributed by atoms with Crippen molar-refractivity contribution in [3.63, 3.8) is 0 Å². The Kier molecular flexibility index (Phi) is 4.75. The molecule has 0 aliphatic rings. The summed E-state index contributed by atoms with van der Waals surface area (Å²) in [7, 11) is -1.15. The maximum absolute atomic E-state index is 10.2. The first-order chi connectivity index (χ1) is 5.38. The van der Waals surface area contributed by atoms with E-state index in [0.29, 0.717) is 5.76 Å². The summed E-state index contributed by atoms with van der Waals surface area (Å²) in [6, 6.07) is 0. The molecular formula is C6H11BrO4P+. The van der Waals surface area contributed by atoms with Gasteiger partial charge in [0, 0.05) is 4.57 Å². The van der Waals surface area contributed by atoms with Crippen LogP contribution >= 0.6 is 24.2 Å². The normalized spacial score (nSPS) is 14.1. The Morgan fingerprint density at radius 1 is 1.67 bits per heavy atom. The third-order valence-electron chi connectivity index (χ3n) is 1.06. The maximum atomic E-state index is 10.2. The summed E-state index contributed by atoms with van der Waals surface area (Å²) in [6.45, 7) is 3.66. The van der Waals surface area contributed by atoms with Gasteiger partial charge >= 0.3 is 8.25 Å². The van der Waals surface area contributed by atoms with Crippen LogP contribution in [-0.4, -0.2) is 16.3 Å². The molecule has 0 heterocycles. The molecule has 1 N–H and O–H groups in total. The van der Waals surface area contributed by atoms with Gasteiger partial charge in [0.2, 0.25) is 0 Å². The first-order valence-corrected chi connectivity index (χ1v) is 5.06. The maximum Gasteiger partial charge on any atom is 0.746 e. The standard InChI is InChI=1S/C6H10BrO4P/c1-6(2,7)5(10-3)4-11-12(8)9/h4H,1-3H3/p+1. The Morgan fingerprint density at radius 2 is 2.17 bits per heavy atom. The lowest BCUT2D eigenvalue weighted by molar-refractivity contribution is 0.246. The number of allylic oxidation sites excluding steroid dienone is 1. The lowest BCUT2D eigenvalue weighted by Gasteiger charge is -2.17. The van der Waals surface area contributed by atoms with Gasteiger partial charge in [-0.05, 0) is 13.8 Å². The molecule has 0 aliphatic heterocycles. The molecule has 0 rings (SSSR count). The fourth-order valence-corrected chi connectivity index (χ4v) is 0.965. The van der Waals surface area contributed by atoms with Crippen molar-refractivity contribution in [2.24, 2.45) is 0 Å². The van der Waals surface area contributed by atoms with E-state index in [0.717, 1.165) is 6.26 Å². The average molecular weight is 258 g/mol. The van der Waals surface area contributed by atoms with Crippen molar-refractivity contribution in [3.8, 4) is 0 Å². The van der Waals surface area contributed by atoms with E-state index in [2.05, 4.69) is 20.5 Å². The molecule has 0 saturated carbocycles. The predicted molar refractivity (Wildman–Crippen MR) is 49.0 cm³/mol. The lowest BCUT2D eigenvalue weighted by Crippen LogP contribution is -2.14. The zero-order valence-electron chi connectivity index (χ0n) is 7.07. The highest BCUT2D eigenvalue weighted by Crippen LogP contribution is 2.28. The van der Waals surface area contributed by atoms with E-state index in [1.54, 1.807) is 0 Å². The first kappa shape index (κ1) is 11.9. The van der Waals surface area contributed by atoms with Gasteiger partial charge in [0.05, 0.1) is 11.4 Å². The van der Waals surface area contributed by atoms with Crippen LogP contribution in [0, 0.1) is 0 Å². The Balaban J connectivity index is 4.34. The van der Waals surface area contributed by atoms with E-state index >= 15 is 0 Å². The third-order valence-corrected chi connectivity index (χ3v) is 1.73. The Hall–Kier alpha value is -0.120. The molecule has 0 aliphatic carbocycles. The summed E-state index contributed by atoms with van der Waals surface area (Å²) in [5, 5.41) is 0. The molecule has 12 heavy (non-hydrogen) atoms. The molecule has 0 radical (unpaired) electrons. The zero-order chi connectivity index (χ0) is 9.78. The quantitative estimate of drug-likeness (QED) is 0.477. The second-order valence-electron chi connectivity index (χ2n) is 2.50. The second kappa shape index (κ2) is 4.80. The summed E-state index contributed by atoms with van der Waals surface area (Å²) in [6.07, 6.45) is 1.12. The molecule has 0 amide bonds. The van der Waals surface area contributed by atoms with Crippen molar-refractivity contribution in [1.29, 1.82) is 0 Å². The van der Waals surface area contributed by atoms with E-state index in [1.807, 2.05) is 13.8 Å². The summed E-state index contributed by atoms with van der Waals surface area (Å²) >= 11 is 3.31. The molecule has 0 aromatic heterocycles. The summed E-state index contributed by atoms with van der Waals surface area (Å²) < 4.78 is 19.0. The largest absolute Gasteiger partial charge is 0.746 e. The SMILES string of the molecule is COC(=CO[P+](=O)O)C(C)(C)Br. The Morgan fingerprint density at radius 3 is 2.42 bits per heavy atom. The monoisotopic (exact) mass is 257 g/mol. The number of methoxy groups -OCH3 is 1. The predicted octanol–water partition coefficient (Wildman–Crippen LogP) is 2.31. The number of halogens is 1. The van der Waals surface area contributed by atoms with Crippen molar-refractivity contribution in [2.45, 2.75) is 18.2 Å². The molecule has 0 fully saturated rings. The Labute approximate surface area is 80.6 Å². The molecule has 0 aromatic carbocycles. The minimum atomic E-state index is -2.61.